The van der Waals surface area contributed by atoms with Gasteiger partial charge >= 0.3 is 12.1 Å². The van der Waals surface area contributed by atoms with Crippen molar-refractivity contribution in [2.24, 2.45) is 0 Å². The van der Waals surface area contributed by atoms with E-state index in [0.29, 0.717) is 12.3 Å². The van der Waals surface area contributed by atoms with Crippen LogP contribution < -0.4 is 0 Å². The zero-order valence-electron chi connectivity index (χ0n) is 14.3. The highest BCUT2D eigenvalue weighted by Gasteiger charge is 2.31. The van der Waals surface area contributed by atoms with E-state index in [-0.39, 0.29) is 24.0 Å². The Bertz CT molecular complexity index is 780. The first-order valence-corrected chi connectivity index (χ1v) is 8.37. The lowest BCUT2D eigenvalue weighted by Crippen LogP contribution is -2.26. The summed E-state index contributed by atoms with van der Waals surface area (Å²) in [6.45, 7) is 2.43. The molecule has 26 heavy (non-hydrogen) atoms. The Balaban J connectivity index is 1.74. The van der Waals surface area contributed by atoms with Crippen LogP contribution in [0.2, 0.25) is 0 Å². The van der Waals surface area contributed by atoms with Gasteiger partial charge in [-0.1, -0.05) is 6.07 Å². The van der Waals surface area contributed by atoms with Crippen LogP contribution in [0.15, 0.2) is 30.5 Å². The molecule has 0 radical (unpaired) electrons. The van der Waals surface area contributed by atoms with Crippen LogP contribution in [0.25, 0.3) is 5.69 Å². The average Bonchev–Trinajstić information content (AvgIpc) is 3.01. The van der Waals surface area contributed by atoms with Crippen LogP contribution in [-0.2, 0) is 15.7 Å². The molecule has 8 heteroatoms. The first kappa shape index (κ1) is 18.4. The van der Waals surface area contributed by atoms with Gasteiger partial charge in [-0.15, -0.1) is 0 Å². The zero-order chi connectivity index (χ0) is 18.7. The van der Waals surface area contributed by atoms with Crippen molar-refractivity contribution in [3.8, 4) is 5.69 Å². The number of hydrogen-bond acceptors (Lipinski definition) is 4. The van der Waals surface area contributed by atoms with Crippen LogP contribution in [0, 0.1) is 6.92 Å². The van der Waals surface area contributed by atoms with Gasteiger partial charge in [-0.3, -0.25) is 0 Å². The predicted octanol–water partition coefficient (Wildman–Crippen LogP) is 3.93. The molecule has 1 fully saturated rings. The lowest BCUT2D eigenvalue weighted by atomic mass is 10.1. The van der Waals surface area contributed by atoms with Crippen molar-refractivity contribution in [1.29, 1.82) is 0 Å². The molecule has 2 aromatic rings. The molecule has 0 amide bonds. The summed E-state index contributed by atoms with van der Waals surface area (Å²) in [4.78, 5) is 12.3. The molecule has 1 aliphatic heterocycles. The van der Waals surface area contributed by atoms with Crippen molar-refractivity contribution < 1.29 is 27.4 Å². The summed E-state index contributed by atoms with van der Waals surface area (Å²) in [6.07, 6.45) is -0.359. The molecule has 1 aliphatic rings. The van der Waals surface area contributed by atoms with Crippen LogP contribution in [0.5, 0.6) is 0 Å². The van der Waals surface area contributed by atoms with E-state index in [4.69, 9.17) is 9.47 Å². The molecule has 1 saturated heterocycles. The minimum Gasteiger partial charge on any atom is -0.459 e. The van der Waals surface area contributed by atoms with Crippen molar-refractivity contribution in [1.82, 2.24) is 9.78 Å². The van der Waals surface area contributed by atoms with Gasteiger partial charge in [-0.25, -0.2) is 9.48 Å². The highest BCUT2D eigenvalue weighted by Crippen LogP contribution is 2.30. The van der Waals surface area contributed by atoms with E-state index in [1.165, 1.54) is 23.0 Å². The van der Waals surface area contributed by atoms with Gasteiger partial charge in [-0.2, -0.15) is 18.3 Å². The first-order valence-electron chi connectivity index (χ1n) is 8.37. The minimum atomic E-state index is -4.45. The lowest BCUT2D eigenvalue weighted by Gasteiger charge is -2.21. The molecule has 5 nitrogen and oxygen atoms in total. The maximum absolute atomic E-state index is 12.9. The summed E-state index contributed by atoms with van der Waals surface area (Å²) in [5, 5.41) is 4.04. The molecule has 0 bridgehead atoms. The quantitative estimate of drug-likeness (QED) is 0.768. The van der Waals surface area contributed by atoms with Crippen LogP contribution in [-0.4, -0.2) is 35.1 Å². The molecule has 0 aliphatic carbocycles. The third kappa shape index (κ3) is 4.07. The van der Waals surface area contributed by atoms with Gasteiger partial charge in [0.05, 0.1) is 29.2 Å². The van der Waals surface area contributed by atoms with Crippen molar-refractivity contribution in [3.05, 3.63) is 47.3 Å². The average molecular weight is 368 g/mol. The lowest BCUT2D eigenvalue weighted by molar-refractivity contribution is -0.137. The molecule has 1 unspecified atom stereocenters. The zero-order valence-corrected chi connectivity index (χ0v) is 14.3. The molecule has 140 valence electrons. The smallest absolute Gasteiger partial charge is 0.416 e. The molecular weight excluding hydrogens is 349 g/mol. The number of aromatic nitrogens is 2. The van der Waals surface area contributed by atoms with Crippen molar-refractivity contribution >= 4 is 5.97 Å². The first-order chi connectivity index (χ1) is 12.4. The molecular formula is C18H19F3N2O3. The van der Waals surface area contributed by atoms with Gasteiger partial charge < -0.3 is 9.47 Å². The van der Waals surface area contributed by atoms with E-state index in [1.54, 1.807) is 6.92 Å². The predicted molar refractivity (Wildman–Crippen MR) is 87.2 cm³/mol. The molecule has 1 aromatic carbocycles. The number of carbonyl (C=O) groups excluding carboxylic acids is 1. The SMILES string of the molecule is Cc1c(C(=O)OCC2CCCCO2)cnn1-c1cccc(C(F)(F)F)c1. The van der Waals surface area contributed by atoms with Crippen LogP contribution in [0.4, 0.5) is 13.2 Å². The van der Waals surface area contributed by atoms with Gasteiger partial charge in [0.15, 0.2) is 0 Å². The number of esters is 1. The summed E-state index contributed by atoms with van der Waals surface area (Å²) < 4.78 is 50.7. The van der Waals surface area contributed by atoms with Gasteiger partial charge in [0.25, 0.3) is 0 Å². The van der Waals surface area contributed by atoms with Crippen molar-refractivity contribution in [2.45, 2.75) is 38.5 Å². The van der Waals surface area contributed by atoms with E-state index in [9.17, 15) is 18.0 Å². The topological polar surface area (TPSA) is 53.4 Å². The van der Waals surface area contributed by atoms with E-state index in [1.807, 2.05) is 0 Å². The fourth-order valence-corrected chi connectivity index (χ4v) is 2.87. The van der Waals surface area contributed by atoms with Gasteiger partial charge in [-0.05, 0) is 44.4 Å². The summed E-state index contributed by atoms with van der Waals surface area (Å²) in [6, 6.07) is 4.78. The van der Waals surface area contributed by atoms with Gasteiger partial charge in [0.1, 0.15) is 12.2 Å². The molecule has 2 heterocycles. The Kier molecular flexibility index (Phi) is 5.31. The number of hydrogen-bond donors (Lipinski definition) is 0. The minimum absolute atomic E-state index is 0.105. The maximum atomic E-state index is 12.9. The monoisotopic (exact) mass is 368 g/mol. The fraction of sp³-hybridized carbons (Fsp3) is 0.444. The molecule has 0 saturated carbocycles. The second kappa shape index (κ2) is 7.49. The van der Waals surface area contributed by atoms with Crippen LogP contribution in [0.1, 0.15) is 40.9 Å². The third-order valence-electron chi connectivity index (χ3n) is 4.32. The number of carbonyl (C=O) groups is 1. The second-order valence-corrected chi connectivity index (χ2v) is 6.19. The Morgan fingerprint density at radius 1 is 1.38 bits per heavy atom. The van der Waals surface area contributed by atoms with Gasteiger partial charge in [0.2, 0.25) is 0 Å². The Hall–Kier alpha value is -2.35. The fourth-order valence-electron chi connectivity index (χ4n) is 2.87. The molecule has 3 rings (SSSR count). The normalized spacial score (nSPS) is 17.9. The third-order valence-corrected chi connectivity index (χ3v) is 4.32. The number of benzene rings is 1. The summed E-state index contributed by atoms with van der Waals surface area (Å²) in [5.74, 6) is -0.560. The highest BCUT2D eigenvalue weighted by atomic mass is 19.4. The molecule has 0 spiro atoms. The van der Waals surface area contributed by atoms with E-state index in [2.05, 4.69) is 5.10 Å². The van der Waals surface area contributed by atoms with Crippen molar-refractivity contribution in [3.63, 3.8) is 0 Å². The van der Waals surface area contributed by atoms with E-state index >= 15 is 0 Å². The van der Waals surface area contributed by atoms with Crippen molar-refractivity contribution in [2.75, 3.05) is 13.2 Å². The number of alkyl halides is 3. The Labute approximate surface area is 148 Å². The summed E-state index contributed by atoms with van der Waals surface area (Å²) in [7, 11) is 0. The van der Waals surface area contributed by atoms with E-state index < -0.39 is 17.7 Å². The highest BCUT2D eigenvalue weighted by molar-refractivity contribution is 5.90. The number of nitrogens with zero attached hydrogens (tertiary/aromatic N) is 2. The van der Waals surface area contributed by atoms with E-state index in [0.717, 1.165) is 31.4 Å². The van der Waals surface area contributed by atoms with Gasteiger partial charge in [0, 0.05) is 6.61 Å². The largest absolute Gasteiger partial charge is 0.459 e. The standard InChI is InChI=1S/C18H19F3N2O3/c1-12-16(17(24)26-11-15-7-2-3-8-25-15)10-22-23(12)14-6-4-5-13(9-14)18(19,20)21/h4-6,9-10,15H,2-3,7-8,11H2,1H3. The number of rotatable bonds is 4. The Morgan fingerprint density at radius 2 is 2.19 bits per heavy atom. The van der Waals surface area contributed by atoms with Crippen LogP contribution >= 0.6 is 0 Å². The maximum Gasteiger partial charge on any atom is 0.416 e. The molecule has 1 atom stereocenters. The number of halogens is 3. The Morgan fingerprint density at radius 3 is 2.88 bits per heavy atom. The summed E-state index contributed by atoms with van der Waals surface area (Å²) in [5.41, 5.74) is 0.0903. The number of ether oxygens (including phenoxy) is 2. The summed E-state index contributed by atoms with van der Waals surface area (Å²) >= 11 is 0. The van der Waals surface area contributed by atoms with Crippen LogP contribution in [0.3, 0.4) is 0 Å². The molecule has 0 N–H and O–H groups in total. The molecule has 1 aromatic heterocycles. The second-order valence-electron chi connectivity index (χ2n) is 6.19.